The number of benzene rings is 1. The number of hydrogen-bond donors (Lipinski definition) is 1. The first-order valence-corrected chi connectivity index (χ1v) is 10.0. The molecule has 0 saturated carbocycles. The summed E-state index contributed by atoms with van der Waals surface area (Å²) >= 11 is 0. The molecule has 5 heteroatoms. The highest BCUT2D eigenvalue weighted by molar-refractivity contribution is 7.91. The van der Waals surface area contributed by atoms with Crippen LogP contribution in [0.4, 0.5) is 0 Å². The largest absolute Gasteiger partial charge is 0.388 e. The lowest BCUT2D eigenvalue weighted by molar-refractivity contribution is 0.123. The molecule has 1 N–H and O–H groups in total. The minimum Gasteiger partial charge on any atom is -0.388 e. The van der Waals surface area contributed by atoms with Gasteiger partial charge in [-0.1, -0.05) is 37.3 Å². The molecule has 4 nitrogen and oxygen atoms in total. The summed E-state index contributed by atoms with van der Waals surface area (Å²) in [6, 6.07) is 9.97. The molecule has 2 atom stereocenters. The van der Waals surface area contributed by atoms with Gasteiger partial charge >= 0.3 is 0 Å². The number of aliphatic hydroxyl groups is 1. The van der Waals surface area contributed by atoms with E-state index in [0.717, 1.165) is 24.9 Å². The van der Waals surface area contributed by atoms with Crippen LogP contribution in [-0.2, 0) is 9.84 Å². The zero-order chi connectivity index (χ0) is 16.0. The Kier molecular flexibility index (Phi) is 6.41. The van der Waals surface area contributed by atoms with Crippen LogP contribution >= 0.6 is 0 Å². The Labute approximate surface area is 134 Å². The van der Waals surface area contributed by atoms with Gasteiger partial charge in [-0.15, -0.1) is 0 Å². The molecule has 1 fully saturated rings. The van der Waals surface area contributed by atoms with E-state index in [0.29, 0.717) is 19.4 Å². The summed E-state index contributed by atoms with van der Waals surface area (Å²) in [6.07, 6.45) is 3.01. The number of rotatable bonds is 8. The third-order valence-corrected chi connectivity index (χ3v) is 6.22. The summed E-state index contributed by atoms with van der Waals surface area (Å²) < 4.78 is 23.7. The molecular formula is C17H27NO3S. The molecule has 0 radical (unpaired) electrons. The molecule has 2 unspecified atom stereocenters. The number of likely N-dealkylation sites (tertiary alicyclic amines) is 1. The smallest absolute Gasteiger partial charge is 0.151 e. The van der Waals surface area contributed by atoms with Crippen LogP contribution in [0.15, 0.2) is 30.3 Å². The van der Waals surface area contributed by atoms with E-state index in [-0.39, 0.29) is 17.5 Å². The van der Waals surface area contributed by atoms with Gasteiger partial charge in [0.25, 0.3) is 0 Å². The topological polar surface area (TPSA) is 57.6 Å². The van der Waals surface area contributed by atoms with Crippen molar-refractivity contribution in [2.45, 2.75) is 44.8 Å². The van der Waals surface area contributed by atoms with Gasteiger partial charge in [-0.05, 0) is 37.8 Å². The van der Waals surface area contributed by atoms with Gasteiger partial charge in [0.05, 0.1) is 11.9 Å². The van der Waals surface area contributed by atoms with Crippen molar-refractivity contribution in [2.24, 2.45) is 0 Å². The molecule has 0 spiro atoms. The van der Waals surface area contributed by atoms with Crippen LogP contribution in [-0.4, -0.2) is 49.1 Å². The Hall–Kier alpha value is -0.910. The van der Waals surface area contributed by atoms with Crippen LogP contribution in [0.25, 0.3) is 0 Å². The number of aliphatic hydroxyl groups excluding tert-OH is 1. The third kappa shape index (κ3) is 5.07. The Morgan fingerprint density at radius 3 is 2.68 bits per heavy atom. The first-order valence-electron chi connectivity index (χ1n) is 8.19. The van der Waals surface area contributed by atoms with Gasteiger partial charge in [0.1, 0.15) is 0 Å². The van der Waals surface area contributed by atoms with E-state index < -0.39 is 15.9 Å². The van der Waals surface area contributed by atoms with Crippen molar-refractivity contribution < 1.29 is 13.5 Å². The molecule has 0 bridgehead atoms. The minimum absolute atomic E-state index is 0.235. The Morgan fingerprint density at radius 2 is 2.00 bits per heavy atom. The highest BCUT2D eigenvalue weighted by atomic mass is 32.2. The molecule has 1 saturated heterocycles. The van der Waals surface area contributed by atoms with Gasteiger partial charge in [0.2, 0.25) is 0 Å². The zero-order valence-corrected chi connectivity index (χ0v) is 14.1. The second kappa shape index (κ2) is 8.09. The quantitative estimate of drug-likeness (QED) is 0.797. The minimum atomic E-state index is -2.93. The first-order chi connectivity index (χ1) is 10.5. The summed E-state index contributed by atoms with van der Waals surface area (Å²) in [7, 11) is -2.93. The fourth-order valence-corrected chi connectivity index (χ4v) is 4.53. The van der Waals surface area contributed by atoms with Gasteiger partial charge in [-0.2, -0.15) is 0 Å². The normalized spacial score (nSPS) is 21.1. The maximum atomic E-state index is 11.9. The average Bonchev–Trinajstić information content (AvgIpc) is 2.93. The van der Waals surface area contributed by atoms with Crippen molar-refractivity contribution in [3.8, 4) is 0 Å². The lowest BCUT2D eigenvalue weighted by atomic mass is 10.0. The van der Waals surface area contributed by atoms with Crippen LogP contribution in [0.2, 0.25) is 0 Å². The molecule has 124 valence electrons. The lowest BCUT2D eigenvalue weighted by Gasteiger charge is -2.26. The Balaban J connectivity index is 1.88. The molecule has 1 heterocycles. The molecule has 1 aromatic carbocycles. The third-order valence-electron chi connectivity index (χ3n) is 4.38. The Bertz CT molecular complexity index is 544. The summed E-state index contributed by atoms with van der Waals surface area (Å²) in [5.74, 6) is 0.511. The van der Waals surface area contributed by atoms with Crippen LogP contribution < -0.4 is 0 Å². The molecule has 1 aliphatic rings. The highest BCUT2D eigenvalue weighted by Gasteiger charge is 2.27. The Morgan fingerprint density at radius 1 is 1.27 bits per heavy atom. The van der Waals surface area contributed by atoms with Crippen LogP contribution in [0, 0.1) is 0 Å². The number of sulfone groups is 1. The zero-order valence-electron chi connectivity index (χ0n) is 13.3. The monoisotopic (exact) mass is 325 g/mol. The van der Waals surface area contributed by atoms with E-state index >= 15 is 0 Å². The molecule has 2 rings (SSSR count). The van der Waals surface area contributed by atoms with Crippen molar-refractivity contribution >= 4 is 9.84 Å². The molecule has 22 heavy (non-hydrogen) atoms. The molecular weight excluding hydrogens is 298 g/mol. The van der Waals surface area contributed by atoms with Crippen molar-refractivity contribution in [2.75, 3.05) is 24.6 Å². The molecule has 0 aromatic heterocycles. The first kappa shape index (κ1) is 17.4. The number of hydrogen-bond acceptors (Lipinski definition) is 4. The van der Waals surface area contributed by atoms with Crippen molar-refractivity contribution in [1.82, 2.24) is 4.90 Å². The fraction of sp³-hybridized carbons (Fsp3) is 0.647. The molecule has 1 aromatic rings. The van der Waals surface area contributed by atoms with E-state index in [1.165, 1.54) is 0 Å². The van der Waals surface area contributed by atoms with Crippen LogP contribution in [0.5, 0.6) is 0 Å². The fourth-order valence-electron chi connectivity index (χ4n) is 3.19. The maximum absolute atomic E-state index is 11.9. The molecule has 1 aliphatic heterocycles. The van der Waals surface area contributed by atoms with Gasteiger partial charge < -0.3 is 5.11 Å². The van der Waals surface area contributed by atoms with E-state index in [9.17, 15) is 13.5 Å². The lowest BCUT2D eigenvalue weighted by Crippen LogP contribution is -2.35. The molecule has 0 amide bonds. The average molecular weight is 325 g/mol. The molecule has 0 aliphatic carbocycles. The predicted molar refractivity (Wildman–Crippen MR) is 89.6 cm³/mol. The van der Waals surface area contributed by atoms with Gasteiger partial charge in [0.15, 0.2) is 9.84 Å². The van der Waals surface area contributed by atoms with Gasteiger partial charge in [-0.3, -0.25) is 4.90 Å². The van der Waals surface area contributed by atoms with Crippen molar-refractivity contribution in [3.63, 3.8) is 0 Å². The standard InChI is InChI=1S/C17H27NO3S/c1-2-12-22(20,21)13-11-18-10-6-9-16(18)14-17(19)15-7-4-3-5-8-15/h3-5,7-8,16-17,19H,2,6,9-14H2,1H3. The van der Waals surface area contributed by atoms with Crippen LogP contribution in [0.1, 0.15) is 44.3 Å². The van der Waals surface area contributed by atoms with E-state index in [2.05, 4.69) is 4.90 Å². The summed E-state index contributed by atoms with van der Waals surface area (Å²) in [5.41, 5.74) is 0.938. The van der Waals surface area contributed by atoms with Gasteiger partial charge in [0, 0.05) is 18.3 Å². The maximum Gasteiger partial charge on any atom is 0.151 e. The van der Waals surface area contributed by atoms with Crippen molar-refractivity contribution in [1.29, 1.82) is 0 Å². The van der Waals surface area contributed by atoms with E-state index in [4.69, 9.17) is 0 Å². The van der Waals surface area contributed by atoms with E-state index in [1.54, 1.807) is 0 Å². The van der Waals surface area contributed by atoms with Gasteiger partial charge in [-0.25, -0.2) is 8.42 Å². The van der Waals surface area contributed by atoms with Crippen molar-refractivity contribution in [3.05, 3.63) is 35.9 Å². The number of nitrogens with zero attached hydrogens (tertiary/aromatic N) is 1. The summed E-state index contributed by atoms with van der Waals surface area (Å²) in [6.45, 7) is 3.43. The summed E-state index contributed by atoms with van der Waals surface area (Å²) in [5, 5.41) is 10.4. The SMILES string of the molecule is CCCS(=O)(=O)CCN1CCCC1CC(O)c1ccccc1. The summed E-state index contributed by atoms with van der Waals surface area (Å²) in [4.78, 5) is 2.24. The van der Waals surface area contributed by atoms with E-state index in [1.807, 2.05) is 37.3 Å². The predicted octanol–water partition coefficient (Wildman–Crippen LogP) is 2.40. The van der Waals surface area contributed by atoms with Crippen LogP contribution in [0.3, 0.4) is 0 Å². The second-order valence-electron chi connectivity index (χ2n) is 6.15. The second-order valence-corrected chi connectivity index (χ2v) is 8.45. The highest BCUT2D eigenvalue weighted by Crippen LogP contribution is 2.27.